The summed E-state index contributed by atoms with van der Waals surface area (Å²) in [5, 5.41) is 3.96. The first-order valence-electron chi connectivity index (χ1n) is 15.4. The molecule has 2 aromatic carbocycles. The number of hydrogen-bond donors (Lipinski definition) is 0. The van der Waals surface area contributed by atoms with E-state index in [9.17, 15) is 14.4 Å². The molecule has 222 valence electrons. The average molecular weight is 561 g/mol. The molecular formula is C35H48N2O4. The average Bonchev–Trinajstić information content (AvgIpc) is 3.25. The van der Waals surface area contributed by atoms with Gasteiger partial charge in [-0.3, -0.25) is 14.5 Å². The maximum Gasteiger partial charge on any atom is 0.331 e. The Labute approximate surface area is 246 Å². The number of fused-ring (bicyclic) bond motifs is 3. The third-order valence-electron chi connectivity index (χ3n) is 9.02. The van der Waals surface area contributed by atoms with E-state index in [4.69, 9.17) is 4.84 Å². The van der Waals surface area contributed by atoms with Gasteiger partial charge in [0, 0.05) is 23.5 Å². The second-order valence-electron chi connectivity index (χ2n) is 11.6. The molecule has 0 heterocycles. The Balaban J connectivity index is 2.11. The summed E-state index contributed by atoms with van der Waals surface area (Å²) in [6.45, 7) is 17.5. The lowest BCUT2D eigenvalue weighted by molar-refractivity contribution is -0.140. The zero-order valence-electron chi connectivity index (χ0n) is 26.4. The highest BCUT2D eigenvalue weighted by atomic mass is 16.7. The number of unbranched alkanes of at least 4 members (excludes halogenated alkanes) is 3. The molecule has 0 aromatic heterocycles. The number of nitrogens with zero attached hydrogens (tertiary/aromatic N) is 2. The van der Waals surface area contributed by atoms with Crippen LogP contribution >= 0.6 is 0 Å². The fourth-order valence-electron chi connectivity index (χ4n) is 6.52. The molecule has 1 aliphatic rings. The molecule has 0 spiro atoms. The van der Waals surface area contributed by atoms with Crippen molar-refractivity contribution in [2.45, 2.75) is 111 Å². The van der Waals surface area contributed by atoms with Crippen molar-refractivity contribution in [1.82, 2.24) is 4.90 Å². The second-order valence-corrected chi connectivity index (χ2v) is 11.6. The van der Waals surface area contributed by atoms with Crippen molar-refractivity contribution in [2.24, 2.45) is 5.16 Å². The van der Waals surface area contributed by atoms with Gasteiger partial charge in [0.2, 0.25) is 5.78 Å². The van der Waals surface area contributed by atoms with Crippen LogP contribution in [-0.4, -0.2) is 46.8 Å². The number of carbonyl (C=O) groups excluding carboxylic acids is 3. The monoisotopic (exact) mass is 560 g/mol. The van der Waals surface area contributed by atoms with E-state index in [1.807, 2.05) is 38.1 Å². The van der Waals surface area contributed by atoms with Crippen LogP contribution in [0.15, 0.2) is 41.6 Å². The Morgan fingerprint density at radius 2 is 1.39 bits per heavy atom. The predicted molar refractivity (Wildman–Crippen MR) is 167 cm³/mol. The van der Waals surface area contributed by atoms with Crippen molar-refractivity contribution in [3.8, 4) is 11.1 Å². The van der Waals surface area contributed by atoms with Crippen molar-refractivity contribution in [2.75, 3.05) is 13.1 Å². The van der Waals surface area contributed by atoms with Crippen LogP contribution in [0.3, 0.4) is 0 Å². The molecule has 41 heavy (non-hydrogen) atoms. The van der Waals surface area contributed by atoms with Gasteiger partial charge >= 0.3 is 5.97 Å². The molecule has 0 bridgehead atoms. The number of benzene rings is 2. The lowest BCUT2D eigenvalue weighted by Crippen LogP contribution is -2.49. The molecule has 0 aliphatic heterocycles. The topological polar surface area (TPSA) is 76.0 Å². The first kappa shape index (κ1) is 32.4. The summed E-state index contributed by atoms with van der Waals surface area (Å²) in [4.78, 5) is 46.1. The van der Waals surface area contributed by atoms with Crippen molar-refractivity contribution < 1.29 is 19.2 Å². The number of oxime groups is 1. The van der Waals surface area contributed by atoms with Crippen LogP contribution < -0.4 is 0 Å². The Bertz CT molecular complexity index is 1300. The van der Waals surface area contributed by atoms with Crippen LogP contribution in [0.2, 0.25) is 0 Å². The Morgan fingerprint density at radius 3 is 1.90 bits per heavy atom. The van der Waals surface area contributed by atoms with Gasteiger partial charge in [-0.05, 0) is 87.0 Å². The zero-order chi connectivity index (χ0) is 30.4. The summed E-state index contributed by atoms with van der Waals surface area (Å²) in [5.41, 5.74) is 5.02. The number of rotatable bonds is 15. The number of hydrogen-bond acceptors (Lipinski definition) is 6. The highest BCUT2D eigenvalue weighted by Crippen LogP contribution is 2.53. The van der Waals surface area contributed by atoms with E-state index >= 15 is 0 Å². The van der Waals surface area contributed by atoms with Crippen molar-refractivity contribution in [3.05, 3.63) is 58.7 Å². The molecule has 0 unspecified atom stereocenters. The molecule has 1 aliphatic carbocycles. The molecule has 6 heteroatoms. The molecule has 3 rings (SSSR count). The van der Waals surface area contributed by atoms with Crippen molar-refractivity contribution in [1.29, 1.82) is 0 Å². The third-order valence-corrected chi connectivity index (χ3v) is 9.02. The Kier molecular flexibility index (Phi) is 10.8. The van der Waals surface area contributed by atoms with E-state index in [1.54, 1.807) is 0 Å². The van der Waals surface area contributed by atoms with E-state index in [-0.39, 0.29) is 22.7 Å². The van der Waals surface area contributed by atoms with E-state index in [0.29, 0.717) is 17.5 Å². The fourth-order valence-corrected chi connectivity index (χ4v) is 6.52. The minimum Gasteiger partial charge on any atom is -0.318 e. The van der Waals surface area contributed by atoms with Gasteiger partial charge in [0.05, 0.1) is 5.54 Å². The van der Waals surface area contributed by atoms with Gasteiger partial charge in [-0.2, -0.15) is 0 Å². The van der Waals surface area contributed by atoms with Gasteiger partial charge in [-0.1, -0.05) is 83.3 Å². The Hall–Kier alpha value is -3.12. The highest BCUT2D eigenvalue weighted by molar-refractivity contribution is 6.46. The third kappa shape index (κ3) is 6.38. The minimum absolute atomic E-state index is 0.0890. The van der Waals surface area contributed by atoms with E-state index < -0.39 is 11.5 Å². The standard InChI is InChI=1S/C35H48N2O4/c1-9-14-15-16-17-31(36-41-24(6)38)32(39)25-18-20-29-27(22-25)28-23-26(19-21-30(28)35(29,10-2)11-3)33(40)34(7,8)37(12-4)13-5/h18-23H,9-17H2,1-8H3/b36-31+. The molecule has 2 aromatic rings. The zero-order valence-corrected chi connectivity index (χ0v) is 26.4. The maximum atomic E-state index is 13.8. The SMILES string of the molecule is CCCCCC/C(=N\OC(C)=O)C(=O)c1ccc2c(c1)-c1cc(C(=O)C(C)(C)N(CC)CC)ccc1C2(CC)CC. The van der Waals surface area contributed by atoms with Crippen LogP contribution in [0.25, 0.3) is 11.1 Å². The van der Waals surface area contributed by atoms with Gasteiger partial charge in [0.15, 0.2) is 5.78 Å². The van der Waals surface area contributed by atoms with Crippen molar-refractivity contribution in [3.63, 3.8) is 0 Å². The van der Waals surface area contributed by atoms with Crippen LogP contribution in [0.1, 0.15) is 132 Å². The normalized spacial score (nSPS) is 14.1. The van der Waals surface area contributed by atoms with E-state index in [0.717, 1.165) is 62.7 Å². The summed E-state index contributed by atoms with van der Waals surface area (Å²) in [7, 11) is 0. The maximum absolute atomic E-state index is 13.8. The molecule has 0 N–H and O–H groups in total. The molecule has 0 saturated carbocycles. The largest absolute Gasteiger partial charge is 0.331 e. The smallest absolute Gasteiger partial charge is 0.318 e. The van der Waals surface area contributed by atoms with Gasteiger partial charge < -0.3 is 4.84 Å². The quantitative estimate of drug-likeness (QED) is 0.0722. The number of ketones is 2. The number of Topliss-reactive ketones (excluding diaryl/α,β-unsaturated/α-hetero) is 2. The first-order valence-corrected chi connectivity index (χ1v) is 15.4. The van der Waals surface area contributed by atoms with Gasteiger partial charge in [0.25, 0.3) is 0 Å². The molecular weight excluding hydrogens is 512 g/mol. The molecule has 0 amide bonds. The van der Waals surface area contributed by atoms with Crippen LogP contribution in [-0.2, 0) is 15.0 Å². The summed E-state index contributed by atoms with van der Waals surface area (Å²) >= 11 is 0. The molecule has 0 radical (unpaired) electrons. The summed E-state index contributed by atoms with van der Waals surface area (Å²) in [6, 6.07) is 12.0. The second kappa shape index (κ2) is 13.7. The van der Waals surface area contributed by atoms with Gasteiger partial charge in [-0.25, -0.2) is 4.79 Å². The Morgan fingerprint density at radius 1 is 0.829 bits per heavy atom. The van der Waals surface area contributed by atoms with Crippen LogP contribution in [0.4, 0.5) is 0 Å². The van der Waals surface area contributed by atoms with E-state index in [2.05, 4.69) is 56.8 Å². The number of carbonyl (C=O) groups is 3. The van der Waals surface area contributed by atoms with Crippen molar-refractivity contribution >= 4 is 23.2 Å². The fraction of sp³-hybridized carbons (Fsp3) is 0.543. The lowest BCUT2D eigenvalue weighted by atomic mass is 9.73. The van der Waals surface area contributed by atoms with Gasteiger partial charge in [0.1, 0.15) is 5.71 Å². The summed E-state index contributed by atoms with van der Waals surface area (Å²) in [5.74, 6) is -0.689. The molecule has 0 atom stereocenters. The van der Waals surface area contributed by atoms with Crippen LogP contribution in [0.5, 0.6) is 0 Å². The molecule has 6 nitrogen and oxygen atoms in total. The highest BCUT2D eigenvalue weighted by Gasteiger charge is 2.42. The predicted octanol–water partition coefficient (Wildman–Crippen LogP) is 8.15. The number of likely N-dealkylation sites (N-methyl/N-ethyl adjacent to an activating group) is 1. The summed E-state index contributed by atoms with van der Waals surface area (Å²) in [6.07, 6.45) is 6.21. The van der Waals surface area contributed by atoms with E-state index in [1.165, 1.54) is 18.1 Å². The molecule has 0 fully saturated rings. The van der Waals surface area contributed by atoms with Crippen LogP contribution in [0, 0.1) is 0 Å². The molecule has 0 saturated heterocycles. The lowest BCUT2D eigenvalue weighted by Gasteiger charge is -2.36. The van der Waals surface area contributed by atoms with Gasteiger partial charge in [-0.15, -0.1) is 0 Å². The summed E-state index contributed by atoms with van der Waals surface area (Å²) < 4.78 is 0. The first-order chi connectivity index (χ1) is 19.5. The minimum atomic E-state index is -0.635.